The summed E-state index contributed by atoms with van der Waals surface area (Å²) in [4.78, 5) is 20.0. The van der Waals surface area contributed by atoms with Crippen molar-refractivity contribution >= 4 is 23.2 Å². The Morgan fingerprint density at radius 2 is 2.00 bits per heavy atom. The van der Waals surface area contributed by atoms with Crippen LogP contribution < -0.4 is 4.90 Å². The molecule has 0 aliphatic carbocycles. The number of rotatable bonds is 3. The van der Waals surface area contributed by atoms with Crippen LogP contribution in [0.15, 0.2) is 30.9 Å². The van der Waals surface area contributed by atoms with Gasteiger partial charge in [0.2, 0.25) is 5.91 Å². The van der Waals surface area contributed by atoms with Crippen LogP contribution >= 0.6 is 11.6 Å². The maximum atomic E-state index is 15.1. The number of amides is 1. The number of aromatic nitrogens is 3. The van der Waals surface area contributed by atoms with E-state index in [4.69, 9.17) is 16.3 Å². The molecule has 3 unspecified atom stereocenters. The summed E-state index contributed by atoms with van der Waals surface area (Å²) in [5, 5.41) is 4.61. The number of ether oxygens (including phenoxy) is 1. The molecule has 4 saturated heterocycles. The van der Waals surface area contributed by atoms with Crippen LogP contribution in [-0.4, -0.2) is 69.9 Å². The van der Waals surface area contributed by atoms with Crippen molar-refractivity contribution in [3.8, 4) is 5.69 Å². The molecule has 7 nitrogen and oxygen atoms in total. The summed E-state index contributed by atoms with van der Waals surface area (Å²) in [7, 11) is 0. The van der Waals surface area contributed by atoms with E-state index in [-0.39, 0.29) is 18.6 Å². The van der Waals surface area contributed by atoms with E-state index in [9.17, 15) is 4.79 Å². The maximum Gasteiger partial charge on any atom is 0.276 e. The summed E-state index contributed by atoms with van der Waals surface area (Å²) in [6.07, 6.45) is 7.21. The highest BCUT2D eigenvalue weighted by atomic mass is 35.5. The molecule has 0 N–H and O–H groups in total. The van der Waals surface area contributed by atoms with Crippen LogP contribution in [0.25, 0.3) is 5.69 Å². The molecule has 154 valence electrons. The molecule has 2 bridgehead atoms. The molecule has 0 saturated carbocycles. The average Bonchev–Trinajstić information content (AvgIpc) is 3.12. The number of hydrogen-bond acceptors (Lipinski definition) is 5. The maximum absolute atomic E-state index is 15.1. The molecule has 6 rings (SSSR count). The lowest BCUT2D eigenvalue weighted by Gasteiger charge is -2.49. The van der Waals surface area contributed by atoms with Crippen molar-refractivity contribution in [3.63, 3.8) is 0 Å². The highest BCUT2D eigenvalue weighted by molar-refractivity contribution is 6.30. The molecule has 29 heavy (non-hydrogen) atoms. The molecule has 3 atom stereocenters. The van der Waals surface area contributed by atoms with Gasteiger partial charge in [-0.1, -0.05) is 11.6 Å². The fourth-order valence-corrected chi connectivity index (χ4v) is 4.59. The number of carbonyl (C=O) groups excluding carboxylic acids is 1. The number of anilines is 1. The average molecular weight is 424 g/mol. The summed E-state index contributed by atoms with van der Waals surface area (Å²) in [6.45, 7) is 0.613. The van der Waals surface area contributed by atoms with E-state index in [2.05, 4.69) is 10.1 Å². The zero-order chi connectivity index (χ0) is 20.2. The summed E-state index contributed by atoms with van der Waals surface area (Å²) < 4.78 is 37.2. The number of fused-ring (bicyclic) bond motifs is 2. The van der Waals surface area contributed by atoms with Gasteiger partial charge in [0.05, 0.1) is 47.5 Å². The Balaban J connectivity index is 1.35. The van der Waals surface area contributed by atoms with Gasteiger partial charge in [0.15, 0.2) is 0 Å². The zero-order valence-electron chi connectivity index (χ0n) is 15.5. The molecular weight excluding hydrogens is 404 g/mol. The first kappa shape index (κ1) is 18.7. The van der Waals surface area contributed by atoms with E-state index in [0.29, 0.717) is 36.0 Å². The number of piperidine rings is 2. The van der Waals surface area contributed by atoms with Crippen LogP contribution in [0.2, 0.25) is 5.02 Å². The molecule has 0 radical (unpaired) electrons. The summed E-state index contributed by atoms with van der Waals surface area (Å²) in [6, 6.07) is 1.70. The summed E-state index contributed by atoms with van der Waals surface area (Å²) in [5.74, 6) is -4.92. The van der Waals surface area contributed by atoms with Crippen molar-refractivity contribution in [1.29, 1.82) is 0 Å². The van der Waals surface area contributed by atoms with E-state index in [1.807, 2.05) is 0 Å². The van der Waals surface area contributed by atoms with E-state index in [0.717, 1.165) is 6.42 Å². The number of carbonyl (C=O) groups is 1. The predicted molar refractivity (Wildman–Crippen MR) is 101 cm³/mol. The Morgan fingerprint density at radius 3 is 2.66 bits per heavy atom. The van der Waals surface area contributed by atoms with Gasteiger partial charge in [-0.2, -0.15) is 5.10 Å². The largest absolute Gasteiger partial charge is 0.371 e. The van der Waals surface area contributed by atoms with Crippen LogP contribution in [0.3, 0.4) is 0 Å². The highest BCUT2D eigenvalue weighted by Crippen LogP contribution is 2.39. The first-order valence-electron chi connectivity index (χ1n) is 9.62. The number of alkyl halides is 2. The van der Waals surface area contributed by atoms with Crippen LogP contribution in [0.1, 0.15) is 12.8 Å². The van der Waals surface area contributed by atoms with Crippen LogP contribution in [0.4, 0.5) is 14.5 Å². The van der Waals surface area contributed by atoms with Gasteiger partial charge < -0.3 is 14.5 Å². The Bertz CT molecular complexity index is 923. The third-order valence-corrected chi connectivity index (χ3v) is 6.08. The minimum Gasteiger partial charge on any atom is -0.371 e. The van der Waals surface area contributed by atoms with Crippen molar-refractivity contribution in [2.24, 2.45) is 5.92 Å². The standard InChI is InChI=1S/C19H20ClF2N5O2/c20-12-6-24-27(8-12)16-1-3-23-7-17(16)25-4-2-15(19(21,22)11-25)18(28)26-9-13-5-14(10-26)29-13/h1,3,6-8,13-15H,2,4-5,9-11H2. The van der Waals surface area contributed by atoms with Gasteiger partial charge in [0.25, 0.3) is 5.92 Å². The molecular formula is C19H20ClF2N5O2. The van der Waals surface area contributed by atoms with Gasteiger partial charge in [-0.25, -0.2) is 13.5 Å². The molecule has 1 amide bonds. The Morgan fingerprint density at radius 1 is 1.24 bits per heavy atom. The molecule has 4 aliphatic heterocycles. The topological polar surface area (TPSA) is 63.5 Å². The van der Waals surface area contributed by atoms with Gasteiger partial charge in [0.1, 0.15) is 5.92 Å². The van der Waals surface area contributed by atoms with Crippen molar-refractivity contribution in [2.75, 3.05) is 31.1 Å². The normalized spacial score (nSPS) is 28.2. The Kier molecular flexibility index (Phi) is 4.47. The van der Waals surface area contributed by atoms with Gasteiger partial charge >= 0.3 is 0 Å². The molecule has 2 aromatic rings. The molecule has 4 aliphatic rings. The zero-order valence-corrected chi connectivity index (χ0v) is 16.3. The molecule has 2 aromatic heterocycles. The second kappa shape index (κ2) is 6.91. The van der Waals surface area contributed by atoms with Crippen LogP contribution in [0.5, 0.6) is 0 Å². The van der Waals surface area contributed by atoms with Crippen LogP contribution in [-0.2, 0) is 9.53 Å². The fraction of sp³-hybridized carbons (Fsp3) is 0.526. The molecule has 4 fully saturated rings. The van der Waals surface area contributed by atoms with E-state index < -0.39 is 24.3 Å². The lowest BCUT2D eigenvalue weighted by Crippen LogP contribution is -2.62. The fourth-order valence-electron chi connectivity index (χ4n) is 4.45. The monoisotopic (exact) mass is 423 g/mol. The van der Waals surface area contributed by atoms with E-state index in [1.54, 1.807) is 34.5 Å². The number of nitrogens with zero attached hydrogens (tertiary/aromatic N) is 5. The van der Waals surface area contributed by atoms with E-state index >= 15 is 8.78 Å². The van der Waals surface area contributed by atoms with Gasteiger partial charge in [0, 0.05) is 38.4 Å². The van der Waals surface area contributed by atoms with Gasteiger partial charge in [-0.15, -0.1) is 0 Å². The number of pyridine rings is 1. The van der Waals surface area contributed by atoms with Crippen molar-refractivity contribution in [3.05, 3.63) is 35.9 Å². The number of halogens is 3. The van der Waals surface area contributed by atoms with Crippen LogP contribution in [0, 0.1) is 5.92 Å². The smallest absolute Gasteiger partial charge is 0.276 e. The minimum atomic E-state index is -3.15. The number of hydrogen-bond donors (Lipinski definition) is 0. The lowest BCUT2D eigenvalue weighted by atomic mass is 9.89. The van der Waals surface area contributed by atoms with Crippen molar-refractivity contribution in [2.45, 2.75) is 31.0 Å². The summed E-state index contributed by atoms with van der Waals surface area (Å²) in [5.41, 5.74) is 1.14. The lowest BCUT2D eigenvalue weighted by molar-refractivity contribution is -0.196. The first-order chi connectivity index (χ1) is 13.9. The Hall–Kier alpha value is -2.26. The van der Waals surface area contributed by atoms with Crippen molar-refractivity contribution < 1.29 is 18.3 Å². The van der Waals surface area contributed by atoms with Gasteiger partial charge in [-0.05, 0) is 12.5 Å². The second-order valence-electron chi connectivity index (χ2n) is 7.85. The number of morpholine rings is 1. The van der Waals surface area contributed by atoms with Gasteiger partial charge in [-0.3, -0.25) is 9.78 Å². The minimum absolute atomic E-state index is 0.00487. The highest BCUT2D eigenvalue weighted by Gasteiger charge is 2.52. The quantitative estimate of drug-likeness (QED) is 0.758. The predicted octanol–water partition coefficient (Wildman–Crippen LogP) is 2.38. The Labute approximate surface area is 171 Å². The molecule has 0 spiro atoms. The first-order valence-corrected chi connectivity index (χ1v) is 10.00. The SMILES string of the molecule is O=C(C1CCN(c2cnccc2-n2cc(Cl)cn2)CC1(F)F)N1CC2CC(C1)O2. The molecule has 10 heteroatoms. The summed E-state index contributed by atoms with van der Waals surface area (Å²) >= 11 is 5.95. The van der Waals surface area contributed by atoms with Crippen molar-refractivity contribution in [1.82, 2.24) is 19.7 Å². The molecule has 6 heterocycles. The van der Waals surface area contributed by atoms with E-state index in [1.165, 1.54) is 10.9 Å². The third kappa shape index (κ3) is 3.36. The third-order valence-electron chi connectivity index (χ3n) is 5.88. The molecule has 0 aromatic carbocycles. The second-order valence-corrected chi connectivity index (χ2v) is 8.29.